The highest BCUT2D eigenvalue weighted by Gasteiger charge is 2.08. The van der Waals surface area contributed by atoms with E-state index in [0.29, 0.717) is 10.6 Å². The Labute approximate surface area is 105 Å². The van der Waals surface area contributed by atoms with Crippen molar-refractivity contribution in [3.63, 3.8) is 0 Å². The van der Waals surface area contributed by atoms with Crippen molar-refractivity contribution >= 4 is 23.4 Å². The van der Waals surface area contributed by atoms with Gasteiger partial charge in [0, 0.05) is 16.6 Å². The van der Waals surface area contributed by atoms with Crippen molar-refractivity contribution in [3.05, 3.63) is 24.0 Å². The van der Waals surface area contributed by atoms with E-state index in [1.165, 1.54) is 30.0 Å². The van der Waals surface area contributed by atoms with Gasteiger partial charge in [-0.05, 0) is 31.5 Å². The Morgan fingerprint density at radius 1 is 1.59 bits per heavy atom. The highest BCUT2D eigenvalue weighted by atomic mass is 32.2. The molecule has 5 heteroatoms. The van der Waals surface area contributed by atoms with E-state index < -0.39 is 0 Å². The standard InChI is InChI=1S/C12H17FN2OS/c1-3-8(2)15-12(16)7-17-11-6-9(13)4-5-10(11)14/h4-6,8H,3,7,14H2,1-2H3,(H,15,16). The molecule has 0 saturated carbocycles. The summed E-state index contributed by atoms with van der Waals surface area (Å²) in [4.78, 5) is 12.1. The lowest BCUT2D eigenvalue weighted by molar-refractivity contribution is -0.119. The lowest BCUT2D eigenvalue weighted by Crippen LogP contribution is -2.33. The molecular weight excluding hydrogens is 239 g/mol. The van der Waals surface area contributed by atoms with Crippen LogP contribution in [0.1, 0.15) is 20.3 Å². The van der Waals surface area contributed by atoms with Gasteiger partial charge in [0.1, 0.15) is 5.82 Å². The Bertz CT molecular complexity index is 398. The van der Waals surface area contributed by atoms with Gasteiger partial charge < -0.3 is 11.1 Å². The predicted molar refractivity (Wildman–Crippen MR) is 69.4 cm³/mol. The van der Waals surface area contributed by atoms with Gasteiger partial charge >= 0.3 is 0 Å². The van der Waals surface area contributed by atoms with E-state index in [4.69, 9.17) is 5.73 Å². The number of carbonyl (C=O) groups excluding carboxylic acids is 1. The van der Waals surface area contributed by atoms with Crippen molar-refractivity contribution in [3.8, 4) is 0 Å². The minimum Gasteiger partial charge on any atom is -0.398 e. The molecule has 1 aromatic rings. The lowest BCUT2D eigenvalue weighted by Gasteiger charge is -2.11. The maximum atomic E-state index is 13.0. The number of nitrogens with two attached hydrogens (primary N) is 1. The highest BCUT2D eigenvalue weighted by molar-refractivity contribution is 8.00. The number of hydrogen-bond acceptors (Lipinski definition) is 3. The molecule has 1 unspecified atom stereocenters. The van der Waals surface area contributed by atoms with E-state index in [9.17, 15) is 9.18 Å². The fraction of sp³-hybridized carbons (Fsp3) is 0.417. The fourth-order valence-electron chi connectivity index (χ4n) is 1.20. The monoisotopic (exact) mass is 256 g/mol. The molecule has 0 aromatic heterocycles. The van der Waals surface area contributed by atoms with Gasteiger partial charge in [-0.3, -0.25) is 4.79 Å². The first-order valence-electron chi connectivity index (χ1n) is 5.50. The second-order valence-electron chi connectivity index (χ2n) is 3.85. The van der Waals surface area contributed by atoms with E-state index in [1.807, 2.05) is 13.8 Å². The summed E-state index contributed by atoms with van der Waals surface area (Å²) < 4.78 is 13.0. The molecule has 3 nitrogen and oxygen atoms in total. The van der Waals surface area contributed by atoms with Gasteiger partial charge in [0.25, 0.3) is 0 Å². The van der Waals surface area contributed by atoms with Crippen LogP contribution in [0.2, 0.25) is 0 Å². The van der Waals surface area contributed by atoms with Crippen molar-refractivity contribution in [2.75, 3.05) is 11.5 Å². The lowest BCUT2D eigenvalue weighted by atomic mass is 10.3. The first-order valence-corrected chi connectivity index (χ1v) is 6.48. The van der Waals surface area contributed by atoms with Gasteiger partial charge in [-0.15, -0.1) is 11.8 Å². The van der Waals surface area contributed by atoms with Gasteiger partial charge in [0.15, 0.2) is 0 Å². The van der Waals surface area contributed by atoms with Gasteiger partial charge in [-0.2, -0.15) is 0 Å². The molecule has 0 saturated heterocycles. The number of thioether (sulfide) groups is 1. The zero-order valence-corrected chi connectivity index (χ0v) is 10.8. The third-order valence-electron chi connectivity index (χ3n) is 2.35. The smallest absolute Gasteiger partial charge is 0.230 e. The van der Waals surface area contributed by atoms with Gasteiger partial charge in [0.05, 0.1) is 5.75 Å². The summed E-state index contributed by atoms with van der Waals surface area (Å²) in [5.74, 6) is -0.158. The summed E-state index contributed by atoms with van der Waals surface area (Å²) in [5.41, 5.74) is 6.18. The van der Waals surface area contributed by atoms with Crippen molar-refractivity contribution in [1.82, 2.24) is 5.32 Å². The molecule has 17 heavy (non-hydrogen) atoms. The van der Waals surface area contributed by atoms with Crippen LogP contribution in [0.3, 0.4) is 0 Å². The van der Waals surface area contributed by atoms with E-state index in [0.717, 1.165) is 6.42 Å². The van der Waals surface area contributed by atoms with Gasteiger partial charge in [-0.1, -0.05) is 6.92 Å². The zero-order chi connectivity index (χ0) is 12.8. The number of anilines is 1. The van der Waals surface area contributed by atoms with Crippen molar-refractivity contribution in [2.24, 2.45) is 0 Å². The third-order valence-corrected chi connectivity index (χ3v) is 3.43. The molecular formula is C12H17FN2OS. The number of hydrogen-bond donors (Lipinski definition) is 2. The summed E-state index contributed by atoms with van der Waals surface area (Å²) in [6.07, 6.45) is 0.887. The van der Waals surface area contributed by atoms with Crippen LogP contribution in [-0.4, -0.2) is 17.7 Å². The quantitative estimate of drug-likeness (QED) is 0.628. The maximum absolute atomic E-state index is 13.0. The SMILES string of the molecule is CCC(C)NC(=O)CSc1cc(F)ccc1N. The molecule has 94 valence electrons. The minimum atomic E-state index is -0.343. The Kier molecular flexibility index (Phi) is 5.28. The molecule has 0 aliphatic rings. The highest BCUT2D eigenvalue weighted by Crippen LogP contribution is 2.25. The van der Waals surface area contributed by atoms with E-state index in [2.05, 4.69) is 5.32 Å². The third kappa shape index (κ3) is 4.65. The number of nitrogen functional groups attached to an aromatic ring is 1. The minimum absolute atomic E-state index is 0.0620. The number of benzene rings is 1. The first-order chi connectivity index (χ1) is 8.02. The molecule has 0 aliphatic heterocycles. The largest absolute Gasteiger partial charge is 0.398 e. The summed E-state index contributed by atoms with van der Waals surface area (Å²) >= 11 is 1.24. The zero-order valence-electron chi connectivity index (χ0n) is 10.00. The summed E-state index contributed by atoms with van der Waals surface area (Å²) in [5, 5.41) is 2.84. The Hall–Kier alpha value is -1.23. The number of halogens is 1. The number of nitrogens with one attached hydrogen (secondary N) is 1. The Balaban J connectivity index is 2.50. The molecule has 3 N–H and O–H groups in total. The van der Waals surface area contributed by atoms with Gasteiger partial charge in [-0.25, -0.2) is 4.39 Å². The predicted octanol–water partition coefficient (Wildman–Crippen LogP) is 2.41. The van der Waals surface area contributed by atoms with E-state index in [1.54, 1.807) is 0 Å². The van der Waals surface area contributed by atoms with Gasteiger partial charge in [0.2, 0.25) is 5.91 Å². The Morgan fingerprint density at radius 3 is 2.94 bits per heavy atom. The number of amides is 1. The summed E-state index contributed by atoms with van der Waals surface area (Å²) in [6, 6.07) is 4.31. The number of carbonyl (C=O) groups is 1. The number of rotatable bonds is 5. The van der Waals surface area contributed by atoms with Crippen LogP contribution in [0.5, 0.6) is 0 Å². The molecule has 0 spiro atoms. The first kappa shape index (κ1) is 13.8. The van der Waals surface area contributed by atoms with Crippen LogP contribution < -0.4 is 11.1 Å². The van der Waals surface area contributed by atoms with E-state index in [-0.39, 0.29) is 23.5 Å². The molecule has 0 bridgehead atoms. The van der Waals surface area contributed by atoms with Crippen molar-refractivity contribution in [2.45, 2.75) is 31.2 Å². The van der Waals surface area contributed by atoms with Crippen molar-refractivity contribution < 1.29 is 9.18 Å². The van der Waals surface area contributed by atoms with Crippen molar-refractivity contribution in [1.29, 1.82) is 0 Å². The second kappa shape index (κ2) is 6.49. The topological polar surface area (TPSA) is 55.1 Å². The van der Waals surface area contributed by atoms with Crippen LogP contribution >= 0.6 is 11.8 Å². The second-order valence-corrected chi connectivity index (χ2v) is 4.86. The van der Waals surface area contributed by atoms with Crippen LogP contribution in [-0.2, 0) is 4.79 Å². The molecule has 1 aromatic carbocycles. The molecule has 0 heterocycles. The molecule has 1 amide bonds. The van der Waals surface area contributed by atoms with Crippen LogP contribution in [0.15, 0.2) is 23.1 Å². The molecule has 0 fully saturated rings. The molecule has 0 radical (unpaired) electrons. The fourth-order valence-corrected chi connectivity index (χ4v) is 2.00. The molecule has 1 atom stereocenters. The Morgan fingerprint density at radius 2 is 2.29 bits per heavy atom. The average molecular weight is 256 g/mol. The maximum Gasteiger partial charge on any atom is 0.230 e. The molecule has 0 aliphatic carbocycles. The van der Waals surface area contributed by atoms with Crippen LogP contribution in [0.4, 0.5) is 10.1 Å². The van der Waals surface area contributed by atoms with Crippen LogP contribution in [0.25, 0.3) is 0 Å². The average Bonchev–Trinajstić information content (AvgIpc) is 2.30. The van der Waals surface area contributed by atoms with Crippen LogP contribution in [0, 0.1) is 5.82 Å². The molecule has 1 rings (SSSR count). The summed E-state index contributed by atoms with van der Waals surface area (Å²) in [7, 11) is 0. The van der Waals surface area contributed by atoms with E-state index >= 15 is 0 Å². The summed E-state index contributed by atoms with van der Waals surface area (Å²) in [6.45, 7) is 3.95. The normalized spacial score (nSPS) is 12.2.